The van der Waals surface area contributed by atoms with Gasteiger partial charge in [0.15, 0.2) is 5.78 Å². The van der Waals surface area contributed by atoms with Gasteiger partial charge >= 0.3 is 0 Å². The van der Waals surface area contributed by atoms with Crippen molar-refractivity contribution in [2.45, 2.75) is 22.5 Å². The highest BCUT2D eigenvalue weighted by atomic mass is 79.9. The van der Waals surface area contributed by atoms with Crippen molar-refractivity contribution in [3.05, 3.63) is 70.5 Å². The third-order valence-electron chi connectivity index (χ3n) is 5.91. The fourth-order valence-corrected chi connectivity index (χ4v) is 5.52. The molecule has 1 heterocycles. The van der Waals surface area contributed by atoms with Gasteiger partial charge < -0.3 is 0 Å². The minimum Gasteiger partial charge on any atom is -0.292 e. The van der Waals surface area contributed by atoms with Crippen molar-refractivity contribution in [3.8, 4) is 0 Å². The van der Waals surface area contributed by atoms with Crippen molar-refractivity contribution in [3.63, 3.8) is 0 Å². The number of carbonyl (C=O) groups excluding carboxylic acids is 4. The van der Waals surface area contributed by atoms with E-state index in [0.717, 1.165) is 22.2 Å². The molecule has 6 nitrogen and oxygen atoms in total. The minimum absolute atomic E-state index is 0.00304. The third kappa shape index (κ3) is 4.76. The molecule has 172 valence electrons. The Labute approximate surface area is 211 Å². The first kappa shape index (κ1) is 24.0. The van der Waals surface area contributed by atoms with E-state index in [9.17, 15) is 23.6 Å². The monoisotopic (exact) mass is 598 g/mol. The standard InChI is InChI=1S/C23H18Br2ClFN2O4/c24-18-9-16-17(10-19(18)25)23(33)29(22(16)32)28(21(31)13-1-5-14(26)6-2-13)11-20(30)12-3-7-15(27)8-4-12/h1-8,16-19H,9-11H2/t16-,17+,18+,19-. The van der Waals surface area contributed by atoms with Gasteiger partial charge in [-0.05, 0) is 61.4 Å². The quantitative estimate of drug-likeness (QED) is 0.285. The third-order valence-corrected chi connectivity index (χ3v) is 8.90. The van der Waals surface area contributed by atoms with Crippen LogP contribution in [0.5, 0.6) is 0 Å². The van der Waals surface area contributed by atoms with Crippen molar-refractivity contribution < 1.29 is 23.6 Å². The molecule has 2 aliphatic rings. The predicted octanol–water partition coefficient (Wildman–Crippen LogP) is 4.64. The van der Waals surface area contributed by atoms with Crippen LogP contribution >= 0.6 is 43.5 Å². The van der Waals surface area contributed by atoms with Crippen LogP contribution in [0.25, 0.3) is 0 Å². The molecule has 1 aliphatic heterocycles. The molecule has 4 rings (SSSR count). The van der Waals surface area contributed by atoms with Gasteiger partial charge in [0, 0.05) is 25.8 Å². The number of carbonyl (C=O) groups is 4. The van der Waals surface area contributed by atoms with Gasteiger partial charge in [-0.25, -0.2) is 9.40 Å². The molecule has 4 atom stereocenters. The first-order chi connectivity index (χ1) is 15.7. The second-order valence-electron chi connectivity index (χ2n) is 8.00. The molecule has 0 N–H and O–H groups in total. The van der Waals surface area contributed by atoms with Crippen LogP contribution in [0.3, 0.4) is 0 Å². The number of alkyl halides is 2. The Morgan fingerprint density at radius 3 is 1.91 bits per heavy atom. The summed E-state index contributed by atoms with van der Waals surface area (Å²) in [5, 5.41) is 2.12. The second-order valence-corrected chi connectivity index (χ2v) is 10.8. The normalized spacial score (nSPS) is 24.5. The molecule has 1 saturated carbocycles. The van der Waals surface area contributed by atoms with E-state index in [1.54, 1.807) is 0 Å². The first-order valence-electron chi connectivity index (χ1n) is 10.2. The number of hydrogen-bond acceptors (Lipinski definition) is 4. The number of hydrogen-bond donors (Lipinski definition) is 0. The van der Waals surface area contributed by atoms with E-state index in [1.165, 1.54) is 36.4 Å². The number of Topliss-reactive ketones (excluding diaryl/α,β-unsaturated/α-hetero) is 1. The van der Waals surface area contributed by atoms with Crippen LogP contribution in [0.4, 0.5) is 4.39 Å². The summed E-state index contributed by atoms with van der Waals surface area (Å²) >= 11 is 13.0. The van der Waals surface area contributed by atoms with E-state index in [1.807, 2.05) is 0 Å². The molecule has 33 heavy (non-hydrogen) atoms. The number of nitrogens with zero attached hydrogens (tertiary/aromatic N) is 2. The summed E-state index contributed by atoms with van der Waals surface area (Å²) < 4.78 is 13.3. The molecule has 2 aromatic carbocycles. The Kier molecular flexibility index (Phi) is 7.02. The summed E-state index contributed by atoms with van der Waals surface area (Å²) in [6, 6.07) is 10.8. The van der Waals surface area contributed by atoms with Gasteiger partial charge in [0.05, 0.1) is 11.8 Å². The predicted molar refractivity (Wildman–Crippen MR) is 127 cm³/mol. The average Bonchev–Trinajstić information content (AvgIpc) is 3.02. The summed E-state index contributed by atoms with van der Waals surface area (Å²) in [6.07, 6.45) is 0.854. The van der Waals surface area contributed by atoms with Crippen molar-refractivity contribution in [2.75, 3.05) is 6.54 Å². The summed E-state index contributed by atoms with van der Waals surface area (Å²) in [7, 11) is 0. The highest BCUT2D eigenvalue weighted by Gasteiger charge is 2.54. The van der Waals surface area contributed by atoms with E-state index in [2.05, 4.69) is 31.9 Å². The van der Waals surface area contributed by atoms with Crippen LogP contribution in [0, 0.1) is 17.7 Å². The van der Waals surface area contributed by atoms with Crippen molar-refractivity contribution in [1.29, 1.82) is 0 Å². The van der Waals surface area contributed by atoms with Crippen LogP contribution in [0.15, 0.2) is 48.5 Å². The average molecular weight is 601 g/mol. The van der Waals surface area contributed by atoms with E-state index in [0.29, 0.717) is 17.9 Å². The fourth-order valence-electron chi connectivity index (χ4n) is 4.15. The SMILES string of the molecule is O=C(CN(C(=O)c1ccc(Cl)cc1)N1C(=O)[C@H]2C[C@@H](Br)[C@@H](Br)C[C@H]2C1=O)c1ccc(F)cc1. The number of imide groups is 1. The molecule has 2 fully saturated rings. The van der Waals surface area contributed by atoms with Crippen LogP contribution in [-0.4, -0.2) is 49.7 Å². The maximum Gasteiger partial charge on any atom is 0.273 e. The largest absolute Gasteiger partial charge is 0.292 e. The Bertz CT molecular complexity index is 1080. The number of hydrazine groups is 1. The first-order valence-corrected chi connectivity index (χ1v) is 12.4. The number of amides is 3. The summed E-state index contributed by atoms with van der Waals surface area (Å²) in [5.74, 6) is -3.93. The maximum atomic E-state index is 13.4. The van der Waals surface area contributed by atoms with Gasteiger partial charge in [-0.3, -0.25) is 19.2 Å². The second kappa shape index (κ2) is 9.64. The molecule has 10 heteroatoms. The fraction of sp³-hybridized carbons (Fsp3) is 0.304. The molecular formula is C23H18Br2ClFN2O4. The lowest BCUT2D eigenvalue weighted by Gasteiger charge is -2.30. The number of benzene rings is 2. The van der Waals surface area contributed by atoms with Gasteiger partial charge in [0.1, 0.15) is 12.4 Å². The van der Waals surface area contributed by atoms with E-state index in [-0.39, 0.29) is 20.8 Å². The van der Waals surface area contributed by atoms with Gasteiger partial charge in [-0.15, -0.1) is 0 Å². The lowest BCUT2D eigenvalue weighted by molar-refractivity contribution is -0.154. The highest BCUT2D eigenvalue weighted by Crippen LogP contribution is 2.43. The zero-order chi connectivity index (χ0) is 23.9. The zero-order valence-corrected chi connectivity index (χ0v) is 21.0. The molecule has 0 spiro atoms. The van der Waals surface area contributed by atoms with E-state index < -0.39 is 47.7 Å². The van der Waals surface area contributed by atoms with E-state index >= 15 is 0 Å². The van der Waals surface area contributed by atoms with Gasteiger partial charge in [0.25, 0.3) is 17.7 Å². The Hall–Kier alpha value is -2.10. The molecule has 1 aliphatic carbocycles. The summed E-state index contributed by atoms with van der Waals surface area (Å²) in [4.78, 5) is 52.9. The molecule has 0 aromatic heterocycles. The van der Waals surface area contributed by atoms with Gasteiger partial charge in [-0.1, -0.05) is 43.5 Å². The molecule has 0 radical (unpaired) electrons. The lowest BCUT2D eigenvalue weighted by atomic mass is 9.81. The van der Waals surface area contributed by atoms with Gasteiger partial charge in [-0.2, -0.15) is 5.01 Å². The molecule has 2 aromatic rings. The van der Waals surface area contributed by atoms with E-state index in [4.69, 9.17) is 11.6 Å². The van der Waals surface area contributed by atoms with Crippen LogP contribution in [-0.2, 0) is 9.59 Å². The lowest BCUT2D eigenvalue weighted by Crippen LogP contribution is -2.52. The highest BCUT2D eigenvalue weighted by molar-refractivity contribution is 9.12. The van der Waals surface area contributed by atoms with Crippen molar-refractivity contribution in [2.24, 2.45) is 11.8 Å². The Balaban J connectivity index is 1.69. The topological polar surface area (TPSA) is 74.8 Å². The molecule has 1 saturated heterocycles. The Morgan fingerprint density at radius 1 is 0.909 bits per heavy atom. The summed E-state index contributed by atoms with van der Waals surface area (Å²) in [5.41, 5.74) is 0.321. The minimum atomic E-state index is -0.687. The maximum absolute atomic E-state index is 13.4. The van der Waals surface area contributed by atoms with Crippen molar-refractivity contribution >= 4 is 67.0 Å². The summed E-state index contributed by atoms with van der Waals surface area (Å²) in [6.45, 7) is -0.556. The number of halogens is 4. The number of fused-ring (bicyclic) bond motifs is 1. The molecule has 3 amide bonds. The zero-order valence-electron chi connectivity index (χ0n) is 17.1. The number of rotatable bonds is 5. The molecule has 0 unspecified atom stereocenters. The van der Waals surface area contributed by atoms with Gasteiger partial charge in [0.2, 0.25) is 0 Å². The number of ketones is 1. The Morgan fingerprint density at radius 2 is 1.39 bits per heavy atom. The van der Waals surface area contributed by atoms with Crippen LogP contribution in [0.1, 0.15) is 33.6 Å². The molecule has 0 bridgehead atoms. The van der Waals surface area contributed by atoms with Crippen molar-refractivity contribution in [1.82, 2.24) is 10.0 Å². The molecular weight excluding hydrogens is 583 g/mol. The van der Waals surface area contributed by atoms with Crippen LogP contribution in [0.2, 0.25) is 5.02 Å². The van der Waals surface area contributed by atoms with Crippen LogP contribution < -0.4 is 0 Å². The smallest absolute Gasteiger partial charge is 0.273 e.